The number of carbonyl (C=O) groups is 1. The van der Waals surface area contributed by atoms with E-state index < -0.39 is 0 Å². The molecule has 7 heteroatoms. The molecular weight excluding hydrogens is 470 g/mol. The van der Waals surface area contributed by atoms with Gasteiger partial charge in [0.2, 0.25) is 0 Å². The van der Waals surface area contributed by atoms with Crippen molar-refractivity contribution in [2.45, 2.75) is 19.5 Å². The lowest BCUT2D eigenvalue weighted by Gasteiger charge is -2.17. The average Bonchev–Trinajstić information content (AvgIpc) is 3.18. The Balaban J connectivity index is 1.55. The number of nitrogens with one attached hydrogen (secondary N) is 1. The Morgan fingerprint density at radius 2 is 1.81 bits per heavy atom. The van der Waals surface area contributed by atoms with Crippen molar-refractivity contribution < 1.29 is 14.3 Å². The highest BCUT2D eigenvalue weighted by Gasteiger charge is 2.19. The minimum atomic E-state index is -0.292. The number of hydrogen-bond donors (Lipinski definition) is 1. The summed E-state index contributed by atoms with van der Waals surface area (Å²) in [6.07, 6.45) is 0. The fourth-order valence-corrected chi connectivity index (χ4v) is 4.02. The van der Waals surface area contributed by atoms with Gasteiger partial charge in [-0.3, -0.25) is 4.79 Å². The molecule has 0 fully saturated rings. The number of hydrogen-bond acceptors (Lipinski definition) is 4. The van der Waals surface area contributed by atoms with Crippen LogP contribution in [0.15, 0.2) is 77.3 Å². The number of benzene rings is 3. The Kier molecular flexibility index (Phi) is 6.75. The monoisotopic (exact) mass is 493 g/mol. The highest BCUT2D eigenvalue weighted by molar-refractivity contribution is 9.10. The third-order valence-electron chi connectivity index (χ3n) is 5.15. The molecule has 0 aliphatic rings. The zero-order chi connectivity index (χ0) is 22.5. The van der Waals surface area contributed by atoms with Crippen LogP contribution in [-0.4, -0.2) is 29.2 Å². The van der Waals surface area contributed by atoms with Crippen LogP contribution < -0.4 is 14.8 Å². The van der Waals surface area contributed by atoms with Gasteiger partial charge in [0.15, 0.2) is 11.5 Å². The van der Waals surface area contributed by atoms with Crippen molar-refractivity contribution in [1.29, 1.82) is 0 Å². The standard InChI is InChI=1S/C25H24BrN3O3/c1-17(27-25(30)18-8-7-9-19(26)16-18)24-28-20-10-3-4-11-21(20)29(24)14-15-32-23-13-6-5-12-22(23)31-2/h3-13,16-17H,14-15H2,1-2H3,(H,27,30). The van der Waals surface area contributed by atoms with E-state index >= 15 is 0 Å². The number of methoxy groups -OCH3 is 1. The van der Waals surface area contributed by atoms with Gasteiger partial charge in [0.1, 0.15) is 12.4 Å². The second kappa shape index (κ2) is 9.87. The van der Waals surface area contributed by atoms with Crippen LogP contribution in [0, 0.1) is 0 Å². The quantitative estimate of drug-likeness (QED) is 0.358. The molecule has 1 heterocycles. The number of halogens is 1. The van der Waals surface area contributed by atoms with Crippen LogP contribution in [0.25, 0.3) is 11.0 Å². The van der Waals surface area contributed by atoms with Crippen molar-refractivity contribution in [3.05, 3.63) is 88.7 Å². The molecule has 3 aromatic carbocycles. The molecular formula is C25H24BrN3O3. The Labute approximate surface area is 195 Å². The summed E-state index contributed by atoms with van der Waals surface area (Å²) in [5.74, 6) is 2.01. The molecule has 4 aromatic rings. The van der Waals surface area contributed by atoms with Gasteiger partial charge in [-0.25, -0.2) is 4.98 Å². The predicted octanol–water partition coefficient (Wildman–Crippen LogP) is 5.38. The summed E-state index contributed by atoms with van der Waals surface area (Å²) in [5, 5.41) is 3.06. The highest BCUT2D eigenvalue weighted by Crippen LogP contribution is 2.26. The normalized spacial score (nSPS) is 11.8. The molecule has 1 atom stereocenters. The van der Waals surface area contributed by atoms with E-state index in [4.69, 9.17) is 14.5 Å². The number of aromatic nitrogens is 2. The lowest BCUT2D eigenvalue weighted by atomic mass is 10.2. The van der Waals surface area contributed by atoms with Gasteiger partial charge in [-0.15, -0.1) is 0 Å². The first-order chi connectivity index (χ1) is 15.6. The van der Waals surface area contributed by atoms with Gasteiger partial charge in [0.25, 0.3) is 5.91 Å². The van der Waals surface area contributed by atoms with Crippen molar-refractivity contribution in [1.82, 2.24) is 14.9 Å². The van der Waals surface area contributed by atoms with Crippen LogP contribution in [0.1, 0.15) is 29.1 Å². The van der Waals surface area contributed by atoms with E-state index in [1.807, 2.05) is 67.6 Å². The summed E-state index contributed by atoms with van der Waals surface area (Å²) in [6, 6.07) is 22.5. The van der Waals surface area contributed by atoms with Crippen LogP contribution in [0.4, 0.5) is 0 Å². The minimum Gasteiger partial charge on any atom is -0.493 e. The predicted molar refractivity (Wildman–Crippen MR) is 128 cm³/mol. The zero-order valence-corrected chi connectivity index (χ0v) is 19.5. The molecule has 1 aromatic heterocycles. The second-order valence-electron chi connectivity index (χ2n) is 7.32. The Morgan fingerprint density at radius 3 is 2.59 bits per heavy atom. The van der Waals surface area contributed by atoms with E-state index in [0.29, 0.717) is 30.2 Å². The summed E-state index contributed by atoms with van der Waals surface area (Å²) in [4.78, 5) is 17.6. The maximum absolute atomic E-state index is 12.8. The fourth-order valence-electron chi connectivity index (χ4n) is 3.62. The van der Waals surface area contributed by atoms with Crippen LogP contribution >= 0.6 is 15.9 Å². The molecule has 6 nitrogen and oxygen atoms in total. The highest BCUT2D eigenvalue weighted by atomic mass is 79.9. The van der Waals surface area contributed by atoms with Gasteiger partial charge in [0.05, 0.1) is 30.7 Å². The number of amides is 1. The van der Waals surface area contributed by atoms with E-state index in [0.717, 1.165) is 21.3 Å². The molecule has 164 valence electrons. The van der Waals surface area contributed by atoms with Crippen LogP contribution in [-0.2, 0) is 6.54 Å². The number of rotatable bonds is 8. The topological polar surface area (TPSA) is 65.4 Å². The SMILES string of the molecule is COc1ccccc1OCCn1c(C(C)NC(=O)c2cccc(Br)c2)nc2ccccc21. The molecule has 0 spiro atoms. The molecule has 0 radical (unpaired) electrons. The molecule has 0 saturated heterocycles. The zero-order valence-electron chi connectivity index (χ0n) is 17.9. The van der Waals surface area contributed by atoms with E-state index in [1.165, 1.54) is 0 Å². The number of carbonyl (C=O) groups excluding carboxylic acids is 1. The Hall–Kier alpha value is -3.32. The van der Waals surface area contributed by atoms with Crippen molar-refractivity contribution in [3.8, 4) is 11.5 Å². The largest absolute Gasteiger partial charge is 0.493 e. The number of fused-ring (bicyclic) bond motifs is 1. The van der Waals surface area contributed by atoms with E-state index in [9.17, 15) is 4.79 Å². The van der Waals surface area contributed by atoms with Crippen molar-refractivity contribution in [3.63, 3.8) is 0 Å². The Morgan fingerprint density at radius 1 is 1.06 bits per heavy atom. The van der Waals surface area contributed by atoms with Gasteiger partial charge in [-0.05, 0) is 49.4 Å². The maximum Gasteiger partial charge on any atom is 0.251 e. The minimum absolute atomic E-state index is 0.150. The van der Waals surface area contributed by atoms with Crippen LogP contribution in [0.3, 0.4) is 0 Å². The third-order valence-corrected chi connectivity index (χ3v) is 5.64. The lowest BCUT2D eigenvalue weighted by Crippen LogP contribution is -2.29. The van der Waals surface area contributed by atoms with Crippen molar-refractivity contribution >= 4 is 32.9 Å². The van der Waals surface area contributed by atoms with Gasteiger partial charge in [-0.1, -0.05) is 46.3 Å². The van der Waals surface area contributed by atoms with Gasteiger partial charge >= 0.3 is 0 Å². The van der Waals surface area contributed by atoms with Gasteiger partial charge < -0.3 is 19.4 Å². The number of para-hydroxylation sites is 4. The van der Waals surface area contributed by atoms with Crippen molar-refractivity contribution in [2.24, 2.45) is 0 Å². The molecule has 4 rings (SSSR count). The number of nitrogens with zero attached hydrogens (tertiary/aromatic N) is 2. The molecule has 0 aliphatic heterocycles. The Bertz CT molecular complexity index is 1240. The average molecular weight is 494 g/mol. The van der Waals surface area contributed by atoms with Gasteiger partial charge in [0, 0.05) is 10.0 Å². The molecule has 1 amide bonds. The number of ether oxygens (including phenoxy) is 2. The van der Waals surface area contributed by atoms with E-state index in [1.54, 1.807) is 19.2 Å². The van der Waals surface area contributed by atoms with Crippen molar-refractivity contribution in [2.75, 3.05) is 13.7 Å². The summed E-state index contributed by atoms with van der Waals surface area (Å²) in [6.45, 7) is 2.94. The molecule has 0 aliphatic carbocycles. The summed E-state index contributed by atoms with van der Waals surface area (Å²) < 4.78 is 14.3. The third kappa shape index (κ3) is 4.78. The summed E-state index contributed by atoms with van der Waals surface area (Å²) >= 11 is 3.42. The summed E-state index contributed by atoms with van der Waals surface area (Å²) in [7, 11) is 1.62. The van der Waals surface area contributed by atoms with Crippen LogP contribution in [0.2, 0.25) is 0 Å². The lowest BCUT2D eigenvalue weighted by molar-refractivity contribution is 0.0937. The maximum atomic E-state index is 12.8. The van der Waals surface area contributed by atoms with Gasteiger partial charge in [-0.2, -0.15) is 0 Å². The number of imidazole rings is 1. The van der Waals surface area contributed by atoms with E-state index in [2.05, 4.69) is 25.8 Å². The smallest absolute Gasteiger partial charge is 0.251 e. The first-order valence-corrected chi connectivity index (χ1v) is 11.1. The second-order valence-corrected chi connectivity index (χ2v) is 8.23. The molecule has 32 heavy (non-hydrogen) atoms. The molecule has 1 unspecified atom stereocenters. The first kappa shape index (κ1) is 21.9. The molecule has 0 saturated carbocycles. The fraction of sp³-hybridized carbons (Fsp3) is 0.200. The van der Waals surface area contributed by atoms with E-state index in [-0.39, 0.29) is 11.9 Å². The van der Waals surface area contributed by atoms with Crippen LogP contribution in [0.5, 0.6) is 11.5 Å². The molecule has 1 N–H and O–H groups in total. The molecule has 0 bridgehead atoms. The summed E-state index contributed by atoms with van der Waals surface area (Å²) in [5.41, 5.74) is 2.46. The first-order valence-electron chi connectivity index (χ1n) is 10.3.